The molecule has 1 amide bonds. The first kappa shape index (κ1) is 16.8. The maximum atomic E-state index is 12.3. The average Bonchev–Trinajstić information content (AvgIpc) is 2.46. The van der Waals surface area contributed by atoms with E-state index in [1.165, 1.54) is 11.3 Å². The molecule has 0 radical (unpaired) electrons. The molecule has 3 N–H and O–H groups in total. The number of carbonyl (C=O) groups is 1. The second kappa shape index (κ2) is 7.63. The summed E-state index contributed by atoms with van der Waals surface area (Å²) in [4.78, 5) is 14.3. The topological polar surface area (TPSA) is 58.4 Å². The highest BCUT2D eigenvalue weighted by molar-refractivity contribution is 5.81. The van der Waals surface area contributed by atoms with Gasteiger partial charge in [-0.1, -0.05) is 26.0 Å². The summed E-state index contributed by atoms with van der Waals surface area (Å²) >= 11 is 0. The van der Waals surface area contributed by atoms with Crippen LogP contribution in [0.3, 0.4) is 0 Å². The quantitative estimate of drug-likeness (QED) is 0.879. The van der Waals surface area contributed by atoms with Gasteiger partial charge in [0.1, 0.15) is 0 Å². The Morgan fingerprint density at radius 1 is 1.36 bits per heavy atom. The van der Waals surface area contributed by atoms with E-state index in [0.29, 0.717) is 12.0 Å². The van der Waals surface area contributed by atoms with Gasteiger partial charge in [-0.15, -0.1) is 0 Å². The van der Waals surface area contributed by atoms with Crippen LogP contribution in [0.25, 0.3) is 0 Å². The van der Waals surface area contributed by atoms with Gasteiger partial charge in [0.05, 0.1) is 6.04 Å². The molecule has 4 heteroatoms. The van der Waals surface area contributed by atoms with Crippen LogP contribution in [0.5, 0.6) is 0 Å². The Morgan fingerprint density at radius 2 is 2.05 bits per heavy atom. The molecule has 0 bridgehead atoms. The van der Waals surface area contributed by atoms with Gasteiger partial charge < -0.3 is 16.0 Å². The number of anilines is 1. The molecule has 1 atom stereocenters. The summed E-state index contributed by atoms with van der Waals surface area (Å²) in [6.45, 7) is 7.90. The van der Waals surface area contributed by atoms with Crippen LogP contribution in [0.15, 0.2) is 24.3 Å². The smallest absolute Gasteiger partial charge is 0.239 e. The summed E-state index contributed by atoms with van der Waals surface area (Å²) in [5, 5.41) is 3.57. The summed E-state index contributed by atoms with van der Waals surface area (Å²) in [6, 6.07) is 8.52. The Balaban J connectivity index is 1.81. The molecule has 1 aliphatic heterocycles. The molecule has 0 unspecified atom stereocenters. The Bertz CT molecular complexity index is 493. The van der Waals surface area contributed by atoms with Crippen LogP contribution in [0.2, 0.25) is 0 Å². The molecule has 1 saturated heterocycles. The van der Waals surface area contributed by atoms with Crippen LogP contribution in [0, 0.1) is 12.8 Å². The zero-order valence-corrected chi connectivity index (χ0v) is 14.0. The van der Waals surface area contributed by atoms with Crippen LogP contribution in [-0.2, 0) is 4.79 Å². The monoisotopic (exact) mass is 303 g/mol. The van der Waals surface area contributed by atoms with Crippen molar-refractivity contribution in [1.29, 1.82) is 0 Å². The molecule has 0 saturated carbocycles. The summed E-state index contributed by atoms with van der Waals surface area (Å²) < 4.78 is 0. The molecule has 0 spiro atoms. The van der Waals surface area contributed by atoms with Crippen molar-refractivity contribution in [1.82, 2.24) is 4.90 Å². The number of rotatable bonds is 5. The van der Waals surface area contributed by atoms with Crippen molar-refractivity contribution < 1.29 is 4.79 Å². The summed E-state index contributed by atoms with van der Waals surface area (Å²) in [6.07, 6.45) is 2.72. The second-order valence-corrected chi connectivity index (χ2v) is 6.85. The Labute approximate surface area is 134 Å². The Hall–Kier alpha value is -1.55. The highest BCUT2D eigenvalue weighted by Crippen LogP contribution is 2.18. The first-order chi connectivity index (χ1) is 10.5. The molecule has 1 aromatic rings. The first-order valence-corrected chi connectivity index (χ1v) is 8.33. The van der Waals surface area contributed by atoms with E-state index in [9.17, 15) is 4.79 Å². The second-order valence-electron chi connectivity index (χ2n) is 6.85. The van der Waals surface area contributed by atoms with Gasteiger partial charge in [0.15, 0.2) is 0 Å². The lowest BCUT2D eigenvalue weighted by molar-refractivity contribution is -0.133. The van der Waals surface area contributed by atoms with Gasteiger partial charge in [-0.3, -0.25) is 4.79 Å². The van der Waals surface area contributed by atoms with Crippen molar-refractivity contribution in [2.45, 2.75) is 52.1 Å². The molecule has 122 valence electrons. The van der Waals surface area contributed by atoms with E-state index in [1.54, 1.807) is 0 Å². The molecule has 4 nitrogen and oxygen atoms in total. The number of likely N-dealkylation sites (tertiary alicyclic amines) is 1. The van der Waals surface area contributed by atoms with Crippen molar-refractivity contribution in [3.05, 3.63) is 29.8 Å². The van der Waals surface area contributed by atoms with E-state index in [0.717, 1.165) is 32.4 Å². The first-order valence-electron chi connectivity index (χ1n) is 8.33. The van der Waals surface area contributed by atoms with Gasteiger partial charge in [0, 0.05) is 24.8 Å². The SMILES string of the molecule is Cc1cccc(NC2CCN(C(=O)[C@@H](N)CC(C)C)CC2)c1. The number of amides is 1. The van der Waals surface area contributed by atoms with Crippen molar-refractivity contribution >= 4 is 11.6 Å². The van der Waals surface area contributed by atoms with Crippen LogP contribution in [-0.4, -0.2) is 36.0 Å². The molecule has 2 rings (SSSR count). The number of carbonyl (C=O) groups excluding carboxylic acids is 1. The largest absolute Gasteiger partial charge is 0.382 e. The number of nitrogens with two attached hydrogens (primary N) is 1. The molecule has 1 fully saturated rings. The van der Waals surface area contributed by atoms with Crippen molar-refractivity contribution in [2.24, 2.45) is 11.7 Å². The van der Waals surface area contributed by atoms with E-state index in [4.69, 9.17) is 5.73 Å². The van der Waals surface area contributed by atoms with Crippen molar-refractivity contribution in [2.75, 3.05) is 18.4 Å². The van der Waals surface area contributed by atoms with Crippen LogP contribution >= 0.6 is 0 Å². The lowest BCUT2D eigenvalue weighted by Gasteiger charge is -2.34. The van der Waals surface area contributed by atoms with Gasteiger partial charge in [0.25, 0.3) is 0 Å². The molecular formula is C18H29N3O. The number of hydrogen-bond acceptors (Lipinski definition) is 3. The fraction of sp³-hybridized carbons (Fsp3) is 0.611. The normalized spacial score (nSPS) is 17.6. The minimum Gasteiger partial charge on any atom is -0.382 e. The van der Waals surface area contributed by atoms with E-state index in [2.05, 4.69) is 50.4 Å². The molecule has 1 aromatic carbocycles. The minimum absolute atomic E-state index is 0.114. The molecule has 0 aliphatic carbocycles. The third kappa shape index (κ3) is 4.73. The maximum absolute atomic E-state index is 12.3. The Morgan fingerprint density at radius 3 is 2.64 bits per heavy atom. The predicted molar refractivity (Wildman–Crippen MR) is 91.8 cm³/mol. The number of nitrogens with one attached hydrogen (secondary N) is 1. The molecule has 0 aromatic heterocycles. The van der Waals surface area contributed by atoms with Gasteiger partial charge in [-0.2, -0.15) is 0 Å². The van der Waals surface area contributed by atoms with E-state index in [1.807, 2.05) is 4.90 Å². The average molecular weight is 303 g/mol. The minimum atomic E-state index is -0.346. The predicted octanol–water partition coefficient (Wildman–Crippen LogP) is 2.77. The van der Waals surface area contributed by atoms with Crippen molar-refractivity contribution in [3.8, 4) is 0 Å². The maximum Gasteiger partial charge on any atom is 0.239 e. The number of hydrogen-bond donors (Lipinski definition) is 2. The van der Waals surface area contributed by atoms with E-state index >= 15 is 0 Å². The zero-order valence-electron chi connectivity index (χ0n) is 14.0. The van der Waals surface area contributed by atoms with E-state index < -0.39 is 0 Å². The fourth-order valence-corrected chi connectivity index (χ4v) is 3.06. The van der Waals surface area contributed by atoms with Crippen LogP contribution in [0.1, 0.15) is 38.7 Å². The van der Waals surface area contributed by atoms with Crippen LogP contribution < -0.4 is 11.1 Å². The highest BCUT2D eigenvalue weighted by atomic mass is 16.2. The Kier molecular flexibility index (Phi) is 5.83. The van der Waals surface area contributed by atoms with Gasteiger partial charge in [0.2, 0.25) is 5.91 Å². The summed E-state index contributed by atoms with van der Waals surface area (Å²) in [5.41, 5.74) is 8.45. The molecule has 1 aliphatic rings. The molecule has 22 heavy (non-hydrogen) atoms. The lowest BCUT2D eigenvalue weighted by atomic mass is 10.0. The standard InChI is InChI=1S/C18H29N3O/c1-13(2)11-17(19)18(22)21-9-7-15(8-10-21)20-16-6-4-5-14(3)12-16/h4-6,12-13,15,17,20H,7-11,19H2,1-3H3/t17-/m0/s1. The van der Waals surface area contributed by atoms with Gasteiger partial charge >= 0.3 is 0 Å². The van der Waals surface area contributed by atoms with Gasteiger partial charge in [-0.05, 0) is 49.8 Å². The third-order valence-corrected chi connectivity index (χ3v) is 4.24. The number of piperidine rings is 1. The molecular weight excluding hydrogens is 274 g/mol. The zero-order chi connectivity index (χ0) is 16.1. The summed E-state index contributed by atoms with van der Waals surface area (Å²) in [5.74, 6) is 0.571. The van der Waals surface area contributed by atoms with Crippen molar-refractivity contribution in [3.63, 3.8) is 0 Å². The van der Waals surface area contributed by atoms with Gasteiger partial charge in [-0.25, -0.2) is 0 Å². The number of aryl methyl sites for hydroxylation is 1. The highest BCUT2D eigenvalue weighted by Gasteiger charge is 2.26. The summed E-state index contributed by atoms with van der Waals surface area (Å²) in [7, 11) is 0. The fourth-order valence-electron chi connectivity index (χ4n) is 3.06. The number of nitrogens with zero attached hydrogens (tertiary/aromatic N) is 1. The molecule has 1 heterocycles. The van der Waals surface area contributed by atoms with E-state index in [-0.39, 0.29) is 11.9 Å². The lowest BCUT2D eigenvalue weighted by Crippen LogP contribution is -2.49. The van der Waals surface area contributed by atoms with Crippen LogP contribution in [0.4, 0.5) is 5.69 Å². The number of benzene rings is 1. The third-order valence-electron chi connectivity index (χ3n) is 4.24.